The summed E-state index contributed by atoms with van der Waals surface area (Å²) in [5, 5.41) is 3.91. The van der Waals surface area contributed by atoms with E-state index in [1.54, 1.807) is 4.68 Å². The van der Waals surface area contributed by atoms with Crippen LogP contribution in [0.2, 0.25) is 0 Å². The Bertz CT molecular complexity index is 339. The number of alkyl halides is 4. The predicted molar refractivity (Wildman–Crippen MR) is 57.7 cm³/mol. The zero-order valence-electron chi connectivity index (χ0n) is 9.41. The molecule has 0 unspecified atom stereocenters. The summed E-state index contributed by atoms with van der Waals surface area (Å²) >= 11 is 5.49. The summed E-state index contributed by atoms with van der Waals surface area (Å²) in [7, 11) is 0. The van der Waals surface area contributed by atoms with Gasteiger partial charge in [0.15, 0.2) is 0 Å². The molecule has 0 aliphatic rings. The summed E-state index contributed by atoms with van der Waals surface area (Å²) in [4.78, 5) is 5.15. The molecule has 1 aromatic heterocycles. The summed E-state index contributed by atoms with van der Waals surface area (Å²) < 4.78 is 38.5. The molecule has 0 atom stereocenters. The third-order valence-corrected chi connectivity index (χ3v) is 2.33. The third kappa shape index (κ3) is 4.91. The molecule has 0 radical (unpaired) electrons. The molecule has 0 bridgehead atoms. The third-order valence-electron chi connectivity index (χ3n) is 2.16. The SMILES string of the molecule is CCn1ncnc1CN(CCCl)CC(F)(F)F. The van der Waals surface area contributed by atoms with Crippen molar-refractivity contribution in [1.82, 2.24) is 19.7 Å². The minimum absolute atomic E-state index is 0.0973. The fraction of sp³-hybridized carbons (Fsp3) is 0.778. The second-order valence-electron chi connectivity index (χ2n) is 3.51. The quantitative estimate of drug-likeness (QED) is 0.741. The van der Waals surface area contributed by atoms with Crippen molar-refractivity contribution in [3.8, 4) is 0 Å². The lowest BCUT2D eigenvalue weighted by Crippen LogP contribution is -2.36. The second-order valence-corrected chi connectivity index (χ2v) is 3.88. The van der Waals surface area contributed by atoms with Gasteiger partial charge in [0.25, 0.3) is 0 Å². The van der Waals surface area contributed by atoms with Gasteiger partial charge in [0.05, 0.1) is 13.1 Å². The van der Waals surface area contributed by atoms with Gasteiger partial charge in [0, 0.05) is 19.0 Å². The molecule has 0 aliphatic heterocycles. The van der Waals surface area contributed by atoms with Crippen molar-refractivity contribution < 1.29 is 13.2 Å². The molecular formula is C9H14ClF3N4. The first-order chi connectivity index (χ1) is 7.96. The lowest BCUT2D eigenvalue weighted by Gasteiger charge is -2.22. The average molecular weight is 271 g/mol. The van der Waals surface area contributed by atoms with Crippen molar-refractivity contribution in [3.05, 3.63) is 12.2 Å². The largest absolute Gasteiger partial charge is 0.401 e. The Labute approximate surface area is 102 Å². The highest BCUT2D eigenvalue weighted by Gasteiger charge is 2.30. The monoisotopic (exact) mass is 270 g/mol. The molecule has 0 aromatic carbocycles. The van der Waals surface area contributed by atoms with Crippen LogP contribution in [0.4, 0.5) is 13.2 Å². The Kier molecular flexibility index (Phi) is 5.20. The van der Waals surface area contributed by atoms with Gasteiger partial charge in [-0.05, 0) is 6.92 Å². The molecule has 98 valence electrons. The smallest absolute Gasteiger partial charge is 0.286 e. The number of aromatic nitrogens is 3. The van der Waals surface area contributed by atoms with Gasteiger partial charge in [-0.2, -0.15) is 18.3 Å². The maximum Gasteiger partial charge on any atom is 0.401 e. The average Bonchev–Trinajstić information content (AvgIpc) is 2.63. The molecule has 0 spiro atoms. The van der Waals surface area contributed by atoms with Gasteiger partial charge >= 0.3 is 6.18 Å². The highest BCUT2D eigenvalue weighted by atomic mass is 35.5. The second kappa shape index (κ2) is 6.20. The van der Waals surface area contributed by atoms with E-state index in [2.05, 4.69) is 10.1 Å². The first-order valence-electron chi connectivity index (χ1n) is 5.18. The lowest BCUT2D eigenvalue weighted by molar-refractivity contribution is -0.146. The van der Waals surface area contributed by atoms with Crippen LogP contribution in [0.5, 0.6) is 0 Å². The van der Waals surface area contributed by atoms with E-state index in [9.17, 15) is 13.2 Å². The zero-order chi connectivity index (χ0) is 12.9. The standard InChI is InChI=1S/C9H14ClF3N4/c1-2-17-8(14-7-15-17)5-16(4-3-10)6-9(11,12)13/h7H,2-6H2,1H3. The highest BCUT2D eigenvalue weighted by Crippen LogP contribution is 2.17. The van der Waals surface area contributed by atoms with Gasteiger partial charge in [0.2, 0.25) is 0 Å². The molecule has 0 saturated heterocycles. The fourth-order valence-corrected chi connectivity index (χ4v) is 1.70. The van der Waals surface area contributed by atoms with Gasteiger partial charge in [-0.1, -0.05) is 0 Å². The fourth-order valence-electron chi connectivity index (χ4n) is 1.46. The van der Waals surface area contributed by atoms with Crippen LogP contribution in [0, 0.1) is 0 Å². The van der Waals surface area contributed by atoms with E-state index in [4.69, 9.17) is 11.6 Å². The van der Waals surface area contributed by atoms with Crippen LogP contribution in [-0.2, 0) is 13.1 Å². The molecule has 0 aliphatic carbocycles. The highest BCUT2D eigenvalue weighted by molar-refractivity contribution is 6.18. The van der Waals surface area contributed by atoms with Gasteiger partial charge in [-0.3, -0.25) is 4.90 Å². The Morgan fingerprint density at radius 2 is 2.18 bits per heavy atom. The van der Waals surface area contributed by atoms with Crippen LogP contribution < -0.4 is 0 Å². The van der Waals surface area contributed by atoms with Gasteiger partial charge in [-0.25, -0.2) is 9.67 Å². The lowest BCUT2D eigenvalue weighted by atomic mass is 10.4. The van der Waals surface area contributed by atoms with Crippen molar-refractivity contribution in [1.29, 1.82) is 0 Å². The van der Waals surface area contributed by atoms with Gasteiger partial charge < -0.3 is 0 Å². The Balaban J connectivity index is 2.66. The minimum Gasteiger partial charge on any atom is -0.286 e. The van der Waals surface area contributed by atoms with Gasteiger partial charge in [0.1, 0.15) is 12.2 Å². The van der Waals surface area contributed by atoms with E-state index in [1.807, 2.05) is 6.92 Å². The van der Waals surface area contributed by atoms with Crippen LogP contribution in [0.1, 0.15) is 12.7 Å². The Morgan fingerprint density at radius 3 is 2.71 bits per heavy atom. The van der Waals surface area contributed by atoms with Crippen molar-refractivity contribution in [3.63, 3.8) is 0 Å². The molecule has 1 rings (SSSR count). The summed E-state index contributed by atoms with van der Waals surface area (Å²) in [5.41, 5.74) is 0. The number of halogens is 4. The summed E-state index contributed by atoms with van der Waals surface area (Å²) in [5.74, 6) is 0.665. The molecule has 0 fully saturated rings. The zero-order valence-corrected chi connectivity index (χ0v) is 10.2. The molecule has 0 amide bonds. The minimum atomic E-state index is -4.23. The first kappa shape index (κ1) is 14.2. The van der Waals surface area contributed by atoms with E-state index < -0.39 is 12.7 Å². The topological polar surface area (TPSA) is 34.0 Å². The summed E-state index contributed by atoms with van der Waals surface area (Å²) in [6.07, 6.45) is -2.89. The molecule has 0 N–H and O–H groups in total. The van der Waals surface area contributed by atoms with Crippen LogP contribution in [0.25, 0.3) is 0 Å². The molecule has 4 nitrogen and oxygen atoms in total. The first-order valence-corrected chi connectivity index (χ1v) is 5.71. The van der Waals surface area contributed by atoms with Crippen molar-refractivity contribution in [2.45, 2.75) is 26.2 Å². The molecule has 1 heterocycles. The van der Waals surface area contributed by atoms with Crippen LogP contribution in [-0.4, -0.2) is 44.8 Å². The number of hydrogen-bond acceptors (Lipinski definition) is 3. The number of nitrogens with zero attached hydrogens (tertiary/aromatic N) is 4. The number of aryl methyl sites for hydroxylation is 1. The van der Waals surface area contributed by atoms with Crippen LogP contribution in [0.3, 0.4) is 0 Å². The van der Waals surface area contributed by atoms with Crippen molar-refractivity contribution >= 4 is 11.6 Å². The molecule has 0 saturated carbocycles. The van der Waals surface area contributed by atoms with E-state index in [1.165, 1.54) is 11.2 Å². The molecular weight excluding hydrogens is 257 g/mol. The maximum absolute atomic E-state index is 12.3. The maximum atomic E-state index is 12.3. The van der Waals surface area contributed by atoms with E-state index in [-0.39, 0.29) is 19.0 Å². The van der Waals surface area contributed by atoms with E-state index >= 15 is 0 Å². The summed E-state index contributed by atoms with van der Waals surface area (Å²) in [6, 6.07) is 0. The molecule has 17 heavy (non-hydrogen) atoms. The summed E-state index contributed by atoms with van der Waals surface area (Å²) in [6.45, 7) is 1.71. The molecule has 1 aromatic rings. The predicted octanol–water partition coefficient (Wildman–Crippen LogP) is 1.90. The van der Waals surface area contributed by atoms with E-state index in [0.717, 1.165) is 0 Å². The van der Waals surface area contributed by atoms with Crippen LogP contribution >= 0.6 is 11.6 Å². The van der Waals surface area contributed by atoms with Crippen molar-refractivity contribution in [2.24, 2.45) is 0 Å². The molecule has 8 heteroatoms. The van der Waals surface area contributed by atoms with Gasteiger partial charge in [-0.15, -0.1) is 11.6 Å². The van der Waals surface area contributed by atoms with Crippen LogP contribution in [0.15, 0.2) is 6.33 Å². The normalized spacial score (nSPS) is 12.4. The Morgan fingerprint density at radius 1 is 1.47 bits per heavy atom. The van der Waals surface area contributed by atoms with Crippen molar-refractivity contribution in [2.75, 3.05) is 19.0 Å². The number of rotatable bonds is 6. The number of hydrogen-bond donors (Lipinski definition) is 0. The van der Waals surface area contributed by atoms with E-state index in [0.29, 0.717) is 12.4 Å². The Hall–Kier alpha value is -0.820.